The maximum Gasteiger partial charge on any atom is 0.254 e. The summed E-state index contributed by atoms with van der Waals surface area (Å²) in [6.45, 7) is 0. The van der Waals surface area contributed by atoms with Gasteiger partial charge >= 0.3 is 0 Å². The van der Waals surface area contributed by atoms with Crippen LogP contribution in [0.1, 0.15) is 10.4 Å². The highest BCUT2D eigenvalue weighted by atomic mass is 35.5. The van der Waals surface area contributed by atoms with Crippen molar-refractivity contribution in [2.75, 3.05) is 0 Å². The number of hydrogen-bond acceptors (Lipinski definition) is 1. The number of pyridine rings is 1. The fourth-order valence-electron chi connectivity index (χ4n) is 1.39. The topological polar surface area (TPSA) is 47.0 Å². The van der Waals surface area contributed by atoms with E-state index in [1.165, 1.54) is 0 Å². The van der Waals surface area contributed by atoms with Gasteiger partial charge in [-0.1, -0.05) is 11.6 Å². The zero-order valence-electron chi connectivity index (χ0n) is 8.81. The lowest BCUT2D eigenvalue weighted by molar-refractivity contribution is -0.595. The van der Waals surface area contributed by atoms with Gasteiger partial charge in [0.25, 0.3) is 5.91 Å². The molecule has 1 aromatic heterocycles. The molecule has 0 aliphatic carbocycles. The average molecular weight is 269 g/mol. The van der Waals surface area contributed by atoms with Gasteiger partial charge in [-0.2, -0.15) is 4.57 Å². The van der Waals surface area contributed by atoms with E-state index in [-0.39, 0.29) is 12.4 Å². The van der Waals surface area contributed by atoms with Crippen LogP contribution in [0.4, 0.5) is 0 Å². The van der Waals surface area contributed by atoms with E-state index in [1.54, 1.807) is 30.5 Å². The lowest BCUT2D eigenvalue weighted by atomic mass is 10.2. The Bertz CT molecular complexity index is 526. The molecule has 0 unspecified atom stereocenters. The number of nitrogens with zero attached hydrogens (tertiary/aromatic N) is 1. The predicted octanol–water partition coefficient (Wildman–Crippen LogP) is -1.28. The van der Waals surface area contributed by atoms with Crippen molar-refractivity contribution in [3.8, 4) is 5.69 Å². The molecule has 1 heterocycles. The van der Waals surface area contributed by atoms with E-state index in [2.05, 4.69) is 0 Å². The smallest absolute Gasteiger partial charge is 0.254 e. The van der Waals surface area contributed by atoms with E-state index in [0.29, 0.717) is 10.6 Å². The normalized spacial score (nSPS) is 9.47. The van der Waals surface area contributed by atoms with E-state index in [1.807, 2.05) is 22.9 Å². The first-order valence-corrected chi connectivity index (χ1v) is 5.12. The van der Waals surface area contributed by atoms with Gasteiger partial charge in [0.2, 0.25) is 5.69 Å². The minimum absolute atomic E-state index is 0. The fraction of sp³-hybridized carbons (Fsp3) is 0. The summed E-state index contributed by atoms with van der Waals surface area (Å²) in [7, 11) is 0. The van der Waals surface area contributed by atoms with Crippen LogP contribution in [0.5, 0.6) is 0 Å². The minimum Gasteiger partial charge on any atom is -1.00 e. The van der Waals surface area contributed by atoms with E-state index >= 15 is 0 Å². The molecule has 88 valence electrons. The maximum atomic E-state index is 11.0. The van der Waals surface area contributed by atoms with Crippen molar-refractivity contribution >= 4 is 17.5 Å². The molecule has 0 atom stereocenters. The molecule has 0 aliphatic heterocycles. The van der Waals surface area contributed by atoms with Gasteiger partial charge in [0.1, 0.15) is 5.56 Å². The van der Waals surface area contributed by atoms with E-state index in [4.69, 9.17) is 17.3 Å². The van der Waals surface area contributed by atoms with Crippen molar-refractivity contribution < 1.29 is 21.8 Å². The number of benzene rings is 1. The molecule has 5 heteroatoms. The second kappa shape index (κ2) is 5.66. The van der Waals surface area contributed by atoms with Crippen molar-refractivity contribution in [2.45, 2.75) is 0 Å². The Morgan fingerprint density at radius 1 is 1.18 bits per heavy atom. The summed E-state index contributed by atoms with van der Waals surface area (Å²) < 4.78 is 1.82. The monoisotopic (exact) mass is 268 g/mol. The lowest BCUT2D eigenvalue weighted by Gasteiger charge is -1.97. The molecule has 2 N–H and O–H groups in total. The van der Waals surface area contributed by atoms with Crippen molar-refractivity contribution in [3.63, 3.8) is 0 Å². The highest BCUT2D eigenvalue weighted by Gasteiger charge is 2.09. The number of rotatable bonds is 2. The number of hydrogen-bond donors (Lipinski definition) is 1. The first kappa shape index (κ1) is 13.5. The Hall–Kier alpha value is -1.58. The molecule has 0 saturated carbocycles. The highest BCUT2D eigenvalue weighted by Crippen LogP contribution is 2.09. The van der Waals surface area contributed by atoms with Gasteiger partial charge in [0.15, 0.2) is 12.4 Å². The Morgan fingerprint density at radius 3 is 2.41 bits per heavy atom. The molecule has 2 rings (SSSR count). The molecule has 17 heavy (non-hydrogen) atoms. The van der Waals surface area contributed by atoms with Gasteiger partial charge in [-0.25, -0.2) is 0 Å². The van der Waals surface area contributed by atoms with Gasteiger partial charge in [-0.3, -0.25) is 4.79 Å². The molecule has 3 nitrogen and oxygen atoms in total. The van der Waals surface area contributed by atoms with Crippen LogP contribution < -0.4 is 22.7 Å². The summed E-state index contributed by atoms with van der Waals surface area (Å²) in [5, 5.41) is 0.676. The van der Waals surface area contributed by atoms with Gasteiger partial charge in [0.05, 0.1) is 0 Å². The second-order valence-electron chi connectivity index (χ2n) is 3.34. The van der Waals surface area contributed by atoms with Gasteiger partial charge < -0.3 is 18.1 Å². The predicted molar refractivity (Wildman–Crippen MR) is 61.5 cm³/mol. The summed E-state index contributed by atoms with van der Waals surface area (Å²) in [4.78, 5) is 11.0. The first-order valence-electron chi connectivity index (χ1n) is 4.74. The van der Waals surface area contributed by atoms with Crippen LogP contribution in [0.2, 0.25) is 5.02 Å². The van der Waals surface area contributed by atoms with E-state index in [9.17, 15) is 4.79 Å². The van der Waals surface area contributed by atoms with Gasteiger partial charge in [0, 0.05) is 23.2 Å². The lowest BCUT2D eigenvalue weighted by Crippen LogP contribution is -3.00. The van der Waals surface area contributed by atoms with Crippen molar-refractivity contribution in [1.29, 1.82) is 0 Å². The second-order valence-corrected chi connectivity index (χ2v) is 3.78. The molecule has 0 spiro atoms. The molecular formula is C12H10Cl2N2O. The summed E-state index contributed by atoms with van der Waals surface area (Å²) in [6.07, 6.45) is 3.53. The van der Waals surface area contributed by atoms with Crippen LogP contribution in [-0.2, 0) is 0 Å². The third-order valence-corrected chi connectivity index (χ3v) is 2.46. The number of amides is 1. The SMILES string of the molecule is NC(=O)c1ccc[n+](-c2ccc(Cl)cc2)c1.[Cl-]. The number of carbonyl (C=O) groups excluding carboxylic acids is 1. The minimum atomic E-state index is -0.441. The number of aromatic nitrogens is 1. The molecule has 0 aliphatic rings. The zero-order valence-corrected chi connectivity index (χ0v) is 10.3. The Kier molecular flexibility index (Phi) is 4.49. The Morgan fingerprint density at radius 2 is 1.82 bits per heavy atom. The van der Waals surface area contributed by atoms with Gasteiger partial charge in [-0.05, 0) is 18.2 Å². The average Bonchev–Trinajstić information content (AvgIpc) is 2.30. The van der Waals surface area contributed by atoms with Crippen LogP contribution in [0.3, 0.4) is 0 Å². The number of nitrogens with two attached hydrogens (primary N) is 1. The molecular weight excluding hydrogens is 259 g/mol. The first-order chi connectivity index (χ1) is 7.66. The molecule has 0 saturated heterocycles. The van der Waals surface area contributed by atoms with Crippen molar-refractivity contribution in [2.24, 2.45) is 5.73 Å². The highest BCUT2D eigenvalue weighted by molar-refractivity contribution is 6.30. The summed E-state index contributed by atoms with van der Waals surface area (Å²) in [5.74, 6) is -0.441. The number of halogens is 2. The van der Waals surface area contributed by atoms with E-state index < -0.39 is 5.91 Å². The molecule has 1 amide bonds. The summed E-state index contributed by atoms with van der Waals surface area (Å²) >= 11 is 5.80. The summed E-state index contributed by atoms with van der Waals surface area (Å²) in [5.41, 5.74) is 6.60. The third-order valence-electron chi connectivity index (χ3n) is 2.21. The molecule has 0 bridgehead atoms. The summed E-state index contributed by atoms with van der Waals surface area (Å²) in [6, 6.07) is 10.8. The Labute approximate surface area is 110 Å². The Balaban J connectivity index is 0.00000144. The third kappa shape index (κ3) is 3.19. The van der Waals surface area contributed by atoms with Gasteiger partial charge in [-0.15, -0.1) is 0 Å². The number of carbonyl (C=O) groups is 1. The van der Waals surface area contributed by atoms with Crippen LogP contribution in [0, 0.1) is 0 Å². The van der Waals surface area contributed by atoms with Crippen LogP contribution in [0.25, 0.3) is 5.69 Å². The quantitative estimate of drug-likeness (QED) is 0.678. The zero-order chi connectivity index (χ0) is 11.5. The fourth-order valence-corrected chi connectivity index (χ4v) is 1.52. The maximum absolute atomic E-state index is 11.0. The molecule has 1 aromatic carbocycles. The van der Waals surface area contributed by atoms with E-state index in [0.717, 1.165) is 5.69 Å². The van der Waals surface area contributed by atoms with Crippen molar-refractivity contribution in [1.82, 2.24) is 0 Å². The van der Waals surface area contributed by atoms with Crippen LogP contribution in [-0.4, -0.2) is 5.91 Å². The molecule has 0 fully saturated rings. The van der Waals surface area contributed by atoms with Crippen LogP contribution >= 0.6 is 11.6 Å². The van der Waals surface area contributed by atoms with Crippen LogP contribution in [0.15, 0.2) is 48.8 Å². The molecule has 2 aromatic rings. The molecule has 0 radical (unpaired) electrons. The largest absolute Gasteiger partial charge is 1.00 e. The number of primary amides is 1. The van der Waals surface area contributed by atoms with Crippen molar-refractivity contribution in [3.05, 3.63) is 59.4 Å². The standard InChI is InChI=1S/C12H9ClN2O.ClH/c13-10-3-5-11(6-4-10)15-7-1-2-9(8-15)12(14)16;/h1-8H,(H-,14,16);1H.